The van der Waals surface area contributed by atoms with Crippen molar-refractivity contribution in [2.45, 2.75) is 57.5 Å². The molecular formula is C23H31N5O3. The van der Waals surface area contributed by atoms with Crippen LogP contribution in [0.15, 0.2) is 30.6 Å². The van der Waals surface area contributed by atoms with Gasteiger partial charge >= 0.3 is 6.09 Å². The number of piperidine rings is 1. The minimum absolute atomic E-state index is 0.104. The molecule has 0 radical (unpaired) electrons. The molecule has 0 spiro atoms. The zero-order valence-corrected chi connectivity index (χ0v) is 18.2. The maximum Gasteiger partial charge on any atom is 0.410 e. The molecular weight excluding hydrogens is 394 g/mol. The van der Waals surface area contributed by atoms with Gasteiger partial charge in [-0.3, -0.25) is 0 Å². The van der Waals surface area contributed by atoms with Crippen LogP contribution in [0.1, 0.15) is 51.9 Å². The van der Waals surface area contributed by atoms with E-state index in [9.17, 15) is 4.79 Å². The number of carbonyl (C=O) groups excluding carboxylic acids is 1. The van der Waals surface area contributed by atoms with Crippen LogP contribution in [0.5, 0.6) is 5.75 Å². The summed E-state index contributed by atoms with van der Waals surface area (Å²) in [5.41, 5.74) is 0.709. The van der Waals surface area contributed by atoms with Gasteiger partial charge in [-0.25, -0.2) is 9.48 Å². The normalized spacial score (nSPS) is 25.0. The number of tetrazole rings is 1. The maximum atomic E-state index is 12.4. The summed E-state index contributed by atoms with van der Waals surface area (Å²) in [4.78, 5) is 14.3. The zero-order chi connectivity index (χ0) is 21.3. The molecule has 2 aliphatic carbocycles. The van der Waals surface area contributed by atoms with Gasteiger partial charge in [0.1, 0.15) is 17.7 Å². The second kappa shape index (κ2) is 8.48. The molecule has 0 N–H and O–H groups in total. The van der Waals surface area contributed by atoms with Crippen LogP contribution < -0.4 is 4.74 Å². The number of carbonyl (C=O) groups is 1. The van der Waals surface area contributed by atoms with Crippen molar-refractivity contribution in [3.63, 3.8) is 0 Å². The van der Waals surface area contributed by atoms with Gasteiger partial charge in [0.15, 0.2) is 0 Å². The molecule has 2 aromatic rings. The minimum atomic E-state index is -0.205. The molecule has 2 heterocycles. The molecule has 166 valence electrons. The number of rotatable bonds is 7. The third-order valence-corrected chi connectivity index (χ3v) is 7.33. The summed E-state index contributed by atoms with van der Waals surface area (Å²) in [6.45, 7) is 4.48. The summed E-state index contributed by atoms with van der Waals surface area (Å²) in [6.07, 6.45) is 9.26. The Bertz CT molecular complexity index is 873. The number of aromatic nitrogens is 4. The van der Waals surface area contributed by atoms with E-state index in [1.807, 2.05) is 29.2 Å². The van der Waals surface area contributed by atoms with Crippen LogP contribution >= 0.6 is 0 Å². The van der Waals surface area contributed by atoms with Gasteiger partial charge in [-0.2, -0.15) is 0 Å². The van der Waals surface area contributed by atoms with E-state index in [-0.39, 0.29) is 11.7 Å². The highest BCUT2D eigenvalue weighted by molar-refractivity contribution is 5.68. The van der Waals surface area contributed by atoms with E-state index in [0.29, 0.717) is 0 Å². The van der Waals surface area contributed by atoms with Gasteiger partial charge in [-0.05, 0) is 104 Å². The zero-order valence-electron chi connectivity index (χ0n) is 18.2. The summed E-state index contributed by atoms with van der Waals surface area (Å²) in [7, 11) is 0. The second-order valence-corrected chi connectivity index (χ2v) is 9.54. The van der Waals surface area contributed by atoms with Crippen molar-refractivity contribution in [2.75, 3.05) is 19.7 Å². The van der Waals surface area contributed by atoms with Crippen molar-refractivity contribution in [2.24, 2.45) is 17.8 Å². The molecule has 2 atom stereocenters. The standard InChI is InChI=1S/C23H31N5O3/c1-23(10-2-11-23)31-22(29)27-12-7-17(8-13-27)21-15-18(21)9-14-30-20-5-3-19(4-6-20)28-16-24-25-26-28/h3-6,16-18,21H,2,7-15H2,1H3. The highest BCUT2D eigenvalue weighted by Gasteiger charge is 2.44. The molecule has 31 heavy (non-hydrogen) atoms. The smallest absolute Gasteiger partial charge is 0.410 e. The van der Waals surface area contributed by atoms with Gasteiger partial charge in [0.05, 0.1) is 12.3 Å². The van der Waals surface area contributed by atoms with Gasteiger partial charge in [0.25, 0.3) is 0 Å². The Morgan fingerprint density at radius 2 is 1.97 bits per heavy atom. The second-order valence-electron chi connectivity index (χ2n) is 9.54. The van der Waals surface area contributed by atoms with Crippen LogP contribution in [0.2, 0.25) is 0 Å². The lowest BCUT2D eigenvalue weighted by molar-refractivity contribution is -0.0508. The molecule has 2 saturated carbocycles. The van der Waals surface area contributed by atoms with Gasteiger partial charge in [0.2, 0.25) is 0 Å². The lowest BCUT2D eigenvalue weighted by Crippen LogP contribution is -2.46. The van der Waals surface area contributed by atoms with E-state index in [1.165, 1.54) is 12.8 Å². The molecule has 3 aliphatic rings. The number of amides is 1. The Labute approximate surface area is 182 Å². The highest BCUT2D eigenvalue weighted by Crippen LogP contribution is 2.49. The van der Waals surface area contributed by atoms with Crippen LogP contribution in [0.25, 0.3) is 5.69 Å². The monoisotopic (exact) mass is 425 g/mol. The molecule has 1 amide bonds. The Morgan fingerprint density at radius 1 is 1.19 bits per heavy atom. The number of benzene rings is 1. The van der Waals surface area contributed by atoms with E-state index in [4.69, 9.17) is 9.47 Å². The van der Waals surface area contributed by atoms with Crippen molar-refractivity contribution in [1.82, 2.24) is 25.1 Å². The van der Waals surface area contributed by atoms with E-state index in [2.05, 4.69) is 22.4 Å². The maximum absolute atomic E-state index is 12.4. The Morgan fingerprint density at radius 3 is 2.61 bits per heavy atom. The molecule has 1 aliphatic heterocycles. The fourth-order valence-corrected chi connectivity index (χ4v) is 5.05. The number of hydrogen-bond acceptors (Lipinski definition) is 6. The first-order chi connectivity index (χ1) is 15.1. The van der Waals surface area contributed by atoms with Gasteiger partial charge < -0.3 is 14.4 Å². The van der Waals surface area contributed by atoms with Crippen LogP contribution in [-0.2, 0) is 4.74 Å². The van der Waals surface area contributed by atoms with E-state index in [0.717, 1.165) is 81.0 Å². The molecule has 2 unspecified atom stereocenters. The average Bonchev–Trinajstić information content (AvgIpc) is 3.32. The van der Waals surface area contributed by atoms with Crippen LogP contribution in [0, 0.1) is 17.8 Å². The Hall–Kier alpha value is -2.64. The topological polar surface area (TPSA) is 82.4 Å². The van der Waals surface area contributed by atoms with Gasteiger partial charge in [0, 0.05) is 13.1 Å². The number of likely N-dealkylation sites (tertiary alicyclic amines) is 1. The van der Waals surface area contributed by atoms with Crippen molar-refractivity contribution < 1.29 is 14.3 Å². The van der Waals surface area contributed by atoms with Crippen LogP contribution in [-0.4, -0.2) is 56.5 Å². The quantitative estimate of drug-likeness (QED) is 0.670. The summed E-state index contributed by atoms with van der Waals surface area (Å²) in [6, 6.07) is 7.83. The number of ether oxygens (including phenoxy) is 2. The van der Waals surface area contributed by atoms with E-state index in [1.54, 1.807) is 11.0 Å². The summed E-state index contributed by atoms with van der Waals surface area (Å²) < 4.78 is 13.3. The summed E-state index contributed by atoms with van der Waals surface area (Å²) >= 11 is 0. The predicted molar refractivity (Wildman–Crippen MR) is 114 cm³/mol. The lowest BCUT2D eigenvalue weighted by Gasteiger charge is -2.40. The van der Waals surface area contributed by atoms with Crippen molar-refractivity contribution in [3.05, 3.63) is 30.6 Å². The Kier molecular flexibility index (Phi) is 5.54. The molecule has 1 saturated heterocycles. The van der Waals surface area contributed by atoms with Gasteiger partial charge in [-0.1, -0.05) is 0 Å². The number of nitrogens with zero attached hydrogens (tertiary/aromatic N) is 5. The highest BCUT2D eigenvalue weighted by atomic mass is 16.6. The average molecular weight is 426 g/mol. The fourth-order valence-electron chi connectivity index (χ4n) is 5.05. The molecule has 8 heteroatoms. The Balaban J connectivity index is 1.00. The molecule has 1 aromatic heterocycles. The van der Waals surface area contributed by atoms with Crippen molar-refractivity contribution >= 4 is 6.09 Å². The predicted octanol–water partition coefficient (Wildman–Crippen LogP) is 3.86. The molecule has 0 bridgehead atoms. The first-order valence-corrected chi connectivity index (χ1v) is 11.5. The summed E-state index contributed by atoms with van der Waals surface area (Å²) in [5, 5.41) is 11.2. The largest absolute Gasteiger partial charge is 0.494 e. The van der Waals surface area contributed by atoms with E-state index >= 15 is 0 Å². The molecule has 1 aromatic carbocycles. The molecule has 3 fully saturated rings. The van der Waals surface area contributed by atoms with Crippen molar-refractivity contribution in [1.29, 1.82) is 0 Å². The van der Waals surface area contributed by atoms with Crippen LogP contribution in [0.4, 0.5) is 4.79 Å². The molecule has 8 nitrogen and oxygen atoms in total. The minimum Gasteiger partial charge on any atom is -0.494 e. The first kappa shape index (κ1) is 20.3. The van der Waals surface area contributed by atoms with Crippen molar-refractivity contribution in [3.8, 4) is 11.4 Å². The first-order valence-electron chi connectivity index (χ1n) is 11.5. The van der Waals surface area contributed by atoms with E-state index < -0.39 is 0 Å². The lowest BCUT2D eigenvalue weighted by atomic mass is 9.82. The summed E-state index contributed by atoms with van der Waals surface area (Å²) in [5.74, 6) is 3.18. The third kappa shape index (κ3) is 4.67. The molecule has 5 rings (SSSR count). The number of hydrogen-bond donors (Lipinski definition) is 0. The van der Waals surface area contributed by atoms with Crippen LogP contribution in [0.3, 0.4) is 0 Å². The SMILES string of the molecule is CC1(OC(=O)N2CCC(C3CC3CCOc3ccc(-n4cnnn4)cc3)CC2)CCC1. The van der Waals surface area contributed by atoms with Gasteiger partial charge in [-0.15, -0.1) is 5.10 Å². The third-order valence-electron chi connectivity index (χ3n) is 7.33. The fraction of sp³-hybridized carbons (Fsp3) is 0.652.